The molecule has 166 valence electrons. The maximum absolute atomic E-state index is 12.4. The molecule has 33 heavy (non-hydrogen) atoms. The number of esters is 1. The number of hydrogen-bond acceptors (Lipinski definition) is 8. The molecule has 1 heterocycles. The Balaban J connectivity index is 1.52. The van der Waals surface area contributed by atoms with Crippen LogP contribution in [-0.4, -0.2) is 36.2 Å². The second kappa shape index (κ2) is 9.60. The van der Waals surface area contributed by atoms with Crippen LogP contribution in [0.2, 0.25) is 0 Å². The summed E-state index contributed by atoms with van der Waals surface area (Å²) in [5, 5.41) is 15.0. The summed E-state index contributed by atoms with van der Waals surface area (Å²) in [6, 6.07) is 16.7. The van der Waals surface area contributed by atoms with E-state index in [1.165, 1.54) is 24.3 Å². The molecule has 3 aromatic carbocycles. The molecule has 4 rings (SSSR count). The highest BCUT2D eigenvalue weighted by atomic mass is 16.6. The number of amides is 1. The number of carbonyl (C=O) groups excluding carboxylic acids is 2. The van der Waals surface area contributed by atoms with Crippen LogP contribution in [0.1, 0.15) is 26.3 Å². The number of nitro groups is 1. The highest BCUT2D eigenvalue weighted by Gasteiger charge is 2.16. The molecule has 0 fully saturated rings. The van der Waals surface area contributed by atoms with E-state index in [1.54, 1.807) is 42.5 Å². The van der Waals surface area contributed by atoms with E-state index in [4.69, 9.17) is 14.2 Å². The van der Waals surface area contributed by atoms with E-state index < -0.39 is 16.8 Å². The lowest BCUT2D eigenvalue weighted by molar-refractivity contribution is -0.384. The van der Waals surface area contributed by atoms with Crippen LogP contribution in [-0.2, 0) is 0 Å². The first kappa shape index (κ1) is 21.5. The van der Waals surface area contributed by atoms with Gasteiger partial charge in [0, 0.05) is 23.3 Å². The van der Waals surface area contributed by atoms with Crippen LogP contribution in [0.4, 0.5) is 5.69 Å². The van der Waals surface area contributed by atoms with Crippen molar-refractivity contribution < 1.29 is 28.7 Å². The van der Waals surface area contributed by atoms with Crippen molar-refractivity contribution in [2.45, 2.75) is 0 Å². The summed E-state index contributed by atoms with van der Waals surface area (Å²) in [4.78, 5) is 35.4. The molecule has 0 saturated heterocycles. The zero-order valence-corrected chi connectivity index (χ0v) is 17.1. The molecule has 10 nitrogen and oxygen atoms in total. The van der Waals surface area contributed by atoms with Gasteiger partial charge in [-0.3, -0.25) is 14.9 Å². The number of non-ortho nitro benzene ring substituents is 1. The van der Waals surface area contributed by atoms with Crippen LogP contribution < -0.4 is 19.6 Å². The van der Waals surface area contributed by atoms with Gasteiger partial charge < -0.3 is 14.2 Å². The summed E-state index contributed by atoms with van der Waals surface area (Å²) < 4.78 is 16.3. The number of nitrogens with one attached hydrogen (secondary N) is 1. The van der Waals surface area contributed by atoms with Crippen molar-refractivity contribution in [3.8, 4) is 17.2 Å². The fourth-order valence-corrected chi connectivity index (χ4v) is 2.99. The molecule has 0 aliphatic carbocycles. The number of carbonyl (C=O) groups is 2. The first-order chi connectivity index (χ1) is 16.0. The molecule has 1 amide bonds. The summed E-state index contributed by atoms with van der Waals surface area (Å²) in [5.41, 5.74) is 2.84. The third-order valence-electron chi connectivity index (χ3n) is 4.59. The zero-order valence-electron chi connectivity index (χ0n) is 17.1. The van der Waals surface area contributed by atoms with Crippen molar-refractivity contribution in [1.82, 2.24) is 5.43 Å². The van der Waals surface area contributed by atoms with Crippen LogP contribution >= 0.6 is 0 Å². The Kier molecular flexibility index (Phi) is 6.26. The third kappa shape index (κ3) is 5.13. The highest BCUT2D eigenvalue weighted by molar-refractivity contribution is 5.96. The monoisotopic (exact) mass is 447 g/mol. The fraction of sp³-hybridized carbons (Fsp3) is 0.0870. The molecular formula is C23H17N3O7. The van der Waals surface area contributed by atoms with Crippen LogP contribution in [0.25, 0.3) is 0 Å². The zero-order chi connectivity index (χ0) is 23.2. The average Bonchev–Trinajstić information content (AvgIpc) is 2.85. The molecule has 1 aliphatic heterocycles. The van der Waals surface area contributed by atoms with E-state index in [9.17, 15) is 19.7 Å². The van der Waals surface area contributed by atoms with Gasteiger partial charge in [0.05, 0.1) is 16.7 Å². The Morgan fingerprint density at radius 3 is 2.48 bits per heavy atom. The Morgan fingerprint density at radius 1 is 0.970 bits per heavy atom. The summed E-state index contributed by atoms with van der Waals surface area (Å²) in [7, 11) is 0. The molecule has 0 spiro atoms. The van der Waals surface area contributed by atoms with Crippen molar-refractivity contribution in [2.75, 3.05) is 13.2 Å². The molecule has 0 saturated carbocycles. The fourth-order valence-electron chi connectivity index (χ4n) is 2.99. The number of nitrogens with zero attached hydrogens (tertiary/aromatic N) is 2. The van der Waals surface area contributed by atoms with E-state index >= 15 is 0 Å². The van der Waals surface area contributed by atoms with Gasteiger partial charge in [-0.2, -0.15) is 5.10 Å². The third-order valence-corrected chi connectivity index (χ3v) is 4.59. The number of fused-ring (bicyclic) bond motifs is 1. The van der Waals surface area contributed by atoms with Gasteiger partial charge in [-0.05, 0) is 36.4 Å². The molecule has 1 aliphatic rings. The van der Waals surface area contributed by atoms with E-state index in [1.807, 2.05) is 0 Å². The molecule has 3 aromatic rings. The first-order valence-electron chi connectivity index (χ1n) is 9.80. The van der Waals surface area contributed by atoms with Gasteiger partial charge in [0.15, 0.2) is 11.5 Å². The van der Waals surface area contributed by atoms with Gasteiger partial charge in [0.1, 0.15) is 19.0 Å². The van der Waals surface area contributed by atoms with Gasteiger partial charge in [-0.25, -0.2) is 10.2 Å². The normalized spacial score (nSPS) is 12.2. The number of ether oxygens (including phenoxy) is 3. The summed E-state index contributed by atoms with van der Waals surface area (Å²) in [5.74, 6) is -0.128. The number of hydrogen-bond donors (Lipinski definition) is 1. The number of rotatable bonds is 6. The first-order valence-corrected chi connectivity index (χ1v) is 9.80. The predicted octanol–water partition coefficient (Wildman–Crippen LogP) is 3.35. The van der Waals surface area contributed by atoms with Crippen LogP contribution in [0.3, 0.4) is 0 Å². The topological polar surface area (TPSA) is 129 Å². The van der Waals surface area contributed by atoms with Crippen LogP contribution in [0, 0.1) is 10.1 Å². The van der Waals surface area contributed by atoms with Crippen molar-refractivity contribution in [1.29, 1.82) is 0 Å². The highest BCUT2D eigenvalue weighted by Crippen LogP contribution is 2.30. The second-order valence-corrected chi connectivity index (χ2v) is 6.79. The maximum atomic E-state index is 12.4. The van der Waals surface area contributed by atoms with Crippen molar-refractivity contribution in [2.24, 2.45) is 5.10 Å². The minimum Gasteiger partial charge on any atom is -0.486 e. The van der Waals surface area contributed by atoms with E-state index in [0.717, 1.165) is 6.21 Å². The molecule has 0 unspecified atom stereocenters. The lowest BCUT2D eigenvalue weighted by Crippen LogP contribution is -2.19. The van der Waals surface area contributed by atoms with Crippen molar-refractivity contribution in [3.63, 3.8) is 0 Å². The molecule has 0 aromatic heterocycles. The molecule has 10 heteroatoms. The lowest BCUT2D eigenvalue weighted by atomic mass is 10.2. The van der Waals surface area contributed by atoms with Crippen molar-refractivity contribution in [3.05, 3.63) is 93.5 Å². The Morgan fingerprint density at radius 2 is 1.73 bits per heavy atom. The SMILES string of the molecule is O=C(NN=Cc1cc([N+](=O)[O-])ccc1OC(=O)c1ccccc1)c1ccc2c(c1)OCCO2. The Hall–Kier alpha value is -4.73. The quantitative estimate of drug-likeness (QED) is 0.202. The minimum absolute atomic E-state index is 0.0479. The summed E-state index contributed by atoms with van der Waals surface area (Å²) >= 11 is 0. The maximum Gasteiger partial charge on any atom is 0.343 e. The average molecular weight is 447 g/mol. The minimum atomic E-state index is -0.639. The number of benzene rings is 3. The molecule has 0 bridgehead atoms. The molecule has 0 radical (unpaired) electrons. The van der Waals surface area contributed by atoms with E-state index in [-0.39, 0.29) is 22.6 Å². The second-order valence-electron chi connectivity index (χ2n) is 6.79. The Bertz CT molecular complexity index is 1240. The molecule has 0 atom stereocenters. The number of nitro benzene ring substituents is 1. The van der Waals surface area contributed by atoms with Gasteiger partial charge in [0.2, 0.25) is 0 Å². The summed E-state index contributed by atoms with van der Waals surface area (Å²) in [6.07, 6.45) is 1.16. The lowest BCUT2D eigenvalue weighted by Gasteiger charge is -2.18. The smallest absolute Gasteiger partial charge is 0.343 e. The van der Waals surface area contributed by atoms with E-state index in [2.05, 4.69) is 10.5 Å². The van der Waals surface area contributed by atoms with Crippen LogP contribution in [0.5, 0.6) is 17.2 Å². The van der Waals surface area contributed by atoms with Gasteiger partial charge in [-0.15, -0.1) is 0 Å². The number of hydrazone groups is 1. The summed E-state index contributed by atoms with van der Waals surface area (Å²) in [6.45, 7) is 0.816. The van der Waals surface area contributed by atoms with Gasteiger partial charge in [0.25, 0.3) is 11.6 Å². The molecule has 1 N–H and O–H groups in total. The van der Waals surface area contributed by atoms with Gasteiger partial charge >= 0.3 is 5.97 Å². The van der Waals surface area contributed by atoms with Crippen molar-refractivity contribution >= 4 is 23.8 Å². The van der Waals surface area contributed by atoms with Crippen LogP contribution in [0.15, 0.2) is 71.8 Å². The molecular weight excluding hydrogens is 430 g/mol. The largest absolute Gasteiger partial charge is 0.486 e. The Labute approximate surface area is 187 Å². The standard InChI is InChI=1S/C23H17N3O7/c27-22(16-6-8-20-21(13-16)32-11-10-31-20)25-24-14-17-12-18(26(29)30)7-9-19(17)33-23(28)15-4-2-1-3-5-15/h1-9,12-14H,10-11H2,(H,25,27). The van der Waals surface area contributed by atoms with Gasteiger partial charge in [-0.1, -0.05) is 18.2 Å². The van der Waals surface area contributed by atoms with E-state index in [0.29, 0.717) is 30.3 Å². The predicted molar refractivity (Wildman–Crippen MR) is 117 cm³/mol.